The summed E-state index contributed by atoms with van der Waals surface area (Å²) in [5, 5.41) is 0.238. The van der Waals surface area contributed by atoms with Crippen molar-refractivity contribution in [2.45, 2.75) is 37.6 Å². The Labute approximate surface area is 176 Å². The fourth-order valence-electron chi connectivity index (χ4n) is 3.47. The number of amides is 1. The lowest BCUT2D eigenvalue weighted by Gasteiger charge is -2.27. The summed E-state index contributed by atoms with van der Waals surface area (Å²) >= 11 is 6.05. The topological polar surface area (TPSA) is 57.7 Å². The first-order valence-corrected chi connectivity index (χ1v) is 11.3. The molecular weight excluding hydrogens is 415 g/mol. The highest BCUT2D eigenvalue weighted by Crippen LogP contribution is 2.26. The summed E-state index contributed by atoms with van der Waals surface area (Å²) in [7, 11) is -2.13. The minimum Gasteiger partial charge on any atom is -0.337 e. The van der Waals surface area contributed by atoms with Gasteiger partial charge in [-0.15, -0.1) is 0 Å². The molecule has 5 nitrogen and oxygen atoms in total. The lowest BCUT2D eigenvalue weighted by atomic mass is 10.1. The number of hydrogen-bond donors (Lipinski definition) is 0. The highest BCUT2D eigenvalue weighted by Gasteiger charge is 2.28. The van der Waals surface area contributed by atoms with E-state index >= 15 is 0 Å². The SMILES string of the molecule is Cc1ccc(C(=O)N(C)Cc2c(F)cccc2Cl)cc1S(=O)(=O)N1CCCCC1. The molecule has 0 bridgehead atoms. The number of carbonyl (C=O) groups excluding carboxylic acids is 1. The molecule has 2 aromatic carbocycles. The molecule has 0 spiro atoms. The van der Waals surface area contributed by atoms with Crippen LogP contribution in [0.3, 0.4) is 0 Å². The molecule has 0 N–H and O–H groups in total. The Balaban J connectivity index is 1.87. The predicted octanol–water partition coefficient (Wildman–Crippen LogP) is 4.23. The van der Waals surface area contributed by atoms with Gasteiger partial charge in [-0.25, -0.2) is 12.8 Å². The maximum Gasteiger partial charge on any atom is 0.253 e. The van der Waals surface area contributed by atoms with E-state index in [1.54, 1.807) is 25.1 Å². The second-order valence-corrected chi connectivity index (χ2v) is 9.62. The molecule has 0 saturated carbocycles. The van der Waals surface area contributed by atoms with Crippen LogP contribution in [0.25, 0.3) is 0 Å². The first-order valence-electron chi connectivity index (χ1n) is 9.51. The summed E-state index contributed by atoms with van der Waals surface area (Å²) in [5.74, 6) is -0.895. The number of aryl methyl sites for hydroxylation is 1. The number of halogens is 2. The van der Waals surface area contributed by atoms with Crippen molar-refractivity contribution >= 4 is 27.5 Å². The summed E-state index contributed by atoms with van der Waals surface area (Å²) < 4.78 is 41.7. The zero-order valence-electron chi connectivity index (χ0n) is 16.5. The molecule has 0 atom stereocenters. The minimum absolute atomic E-state index is 0.0214. The van der Waals surface area contributed by atoms with Crippen LogP contribution in [0.2, 0.25) is 5.02 Å². The molecule has 3 rings (SSSR count). The van der Waals surface area contributed by atoms with E-state index < -0.39 is 21.7 Å². The monoisotopic (exact) mass is 438 g/mol. The normalized spacial score (nSPS) is 15.3. The number of sulfonamides is 1. The van der Waals surface area contributed by atoms with E-state index in [1.165, 1.54) is 34.5 Å². The Hall–Kier alpha value is -1.96. The van der Waals surface area contributed by atoms with Gasteiger partial charge < -0.3 is 4.90 Å². The first-order chi connectivity index (χ1) is 13.7. The van der Waals surface area contributed by atoms with Crippen molar-refractivity contribution in [3.8, 4) is 0 Å². The Morgan fingerprint density at radius 3 is 2.52 bits per heavy atom. The van der Waals surface area contributed by atoms with Gasteiger partial charge in [-0.05, 0) is 49.6 Å². The number of benzene rings is 2. The average molecular weight is 439 g/mol. The maximum atomic E-state index is 14.0. The minimum atomic E-state index is -3.67. The number of hydrogen-bond acceptors (Lipinski definition) is 3. The van der Waals surface area contributed by atoms with Gasteiger partial charge >= 0.3 is 0 Å². The highest BCUT2D eigenvalue weighted by atomic mass is 35.5. The van der Waals surface area contributed by atoms with Crippen molar-refractivity contribution in [3.05, 3.63) is 63.9 Å². The van der Waals surface area contributed by atoms with Crippen LogP contribution >= 0.6 is 11.6 Å². The van der Waals surface area contributed by atoms with E-state index in [1.807, 2.05) is 0 Å². The fourth-order valence-corrected chi connectivity index (χ4v) is 5.46. The molecule has 1 aliphatic heterocycles. The van der Waals surface area contributed by atoms with Crippen LogP contribution < -0.4 is 0 Å². The van der Waals surface area contributed by atoms with Crippen LogP contribution in [0.4, 0.5) is 4.39 Å². The third kappa shape index (κ3) is 4.63. The Kier molecular flexibility index (Phi) is 6.61. The molecule has 0 aromatic heterocycles. The molecule has 1 heterocycles. The van der Waals surface area contributed by atoms with Gasteiger partial charge in [0.05, 0.1) is 4.90 Å². The Bertz CT molecular complexity index is 1000. The van der Waals surface area contributed by atoms with Crippen molar-refractivity contribution in [2.24, 2.45) is 0 Å². The van der Waals surface area contributed by atoms with Gasteiger partial charge in [-0.2, -0.15) is 4.31 Å². The molecule has 8 heteroatoms. The zero-order chi connectivity index (χ0) is 21.2. The zero-order valence-corrected chi connectivity index (χ0v) is 18.1. The van der Waals surface area contributed by atoms with Gasteiger partial charge in [0, 0.05) is 42.8 Å². The number of nitrogens with zero attached hydrogens (tertiary/aromatic N) is 2. The van der Waals surface area contributed by atoms with Crippen molar-refractivity contribution in [2.75, 3.05) is 20.1 Å². The average Bonchev–Trinajstić information content (AvgIpc) is 2.71. The summed E-state index contributed by atoms with van der Waals surface area (Å²) in [6, 6.07) is 8.99. The quantitative estimate of drug-likeness (QED) is 0.701. The number of carbonyl (C=O) groups is 1. The lowest BCUT2D eigenvalue weighted by molar-refractivity contribution is 0.0783. The van der Waals surface area contributed by atoms with Crippen LogP contribution in [-0.2, 0) is 16.6 Å². The van der Waals surface area contributed by atoms with E-state index in [0.29, 0.717) is 18.7 Å². The molecule has 0 unspecified atom stereocenters. The maximum absolute atomic E-state index is 14.0. The third-order valence-corrected chi connectivity index (χ3v) is 7.57. The van der Waals surface area contributed by atoms with E-state index in [0.717, 1.165) is 19.3 Å². The first kappa shape index (κ1) is 21.7. The summed E-state index contributed by atoms with van der Waals surface area (Å²) in [6.45, 7) is 2.68. The van der Waals surface area contributed by atoms with Crippen molar-refractivity contribution in [3.63, 3.8) is 0 Å². The summed E-state index contributed by atoms with van der Waals surface area (Å²) in [4.78, 5) is 14.4. The molecule has 0 aliphatic carbocycles. The number of rotatable bonds is 5. The van der Waals surface area contributed by atoms with Gasteiger partial charge in [0.1, 0.15) is 5.82 Å². The van der Waals surface area contributed by atoms with Crippen LogP contribution in [0, 0.1) is 12.7 Å². The predicted molar refractivity (Wildman–Crippen MR) is 111 cm³/mol. The smallest absolute Gasteiger partial charge is 0.253 e. The summed E-state index contributed by atoms with van der Waals surface area (Å²) in [6.07, 6.45) is 2.69. The molecule has 1 saturated heterocycles. The van der Waals surface area contributed by atoms with Gasteiger partial charge in [-0.3, -0.25) is 4.79 Å². The van der Waals surface area contributed by atoms with E-state index in [2.05, 4.69) is 0 Å². The van der Waals surface area contributed by atoms with Crippen molar-refractivity contribution in [1.29, 1.82) is 0 Å². The van der Waals surface area contributed by atoms with Crippen LogP contribution in [0.1, 0.15) is 40.7 Å². The fraction of sp³-hybridized carbons (Fsp3) is 0.381. The third-order valence-electron chi connectivity index (χ3n) is 5.17. The van der Waals surface area contributed by atoms with Gasteiger partial charge in [0.2, 0.25) is 10.0 Å². The standard InChI is InChI=1S/C21H24ClFN2O3S/c1-15-9-10-16(13-20(15)29(27,28)25-11-4-3-5-12-25)21(26)24(2)14-17-18(22)7-6-8-19(17)23/h6-10,13H,3-5,11-12,14H2,1-2H3. The largest absolute Gasteiger partial charge is 0.337 e. The van der Waals surface area contributed by atoms with Crippen LogP contribution in [0.5, 0.6) is 0 Å². The van der Waals surface area contributed by atoms with Crippen LogP contribution in [0.15, 0.2) is 41.3 Å². The second kappa shape index (κ2) is 8.81. The van der Waals surface area contributed by atoms with Crippen molar-refractivity contribution in [1.82, 2.24) is 9.21 Å². The number of piperidine rings is 1. The molecule has 29 heavy (non-hydrogen) atoms. The molecular formula is C21H24ClFN2O3S. The molecule has 0 radical (unpaired) electrons. The van der Waals surface area contributed by atoms with Crippen LogP contribution in [-0.4, -0.2) is 43.7 Å². The van der Waals surface area contributed by atoms with E-state index in [9.17, 15) is 17.6 Å². The molecule has 2 aromatic rings. The summed E-state index contributed by atoms with van der Waals surface area (Å²) in [5.41, 5.74) is 1.05. The van der Waals surface area contributed by atoms with Gasteiger partial charge in [0.15, 0.2) is 0 Å². The molecule has 1 aliphatic rings. The Morgan fingerprint density at radius 1 is 1.17 bits per heavy atom. The van der Waals surface area contributed by atoms with E-state index in [-0.39, 0.29) is 27.6 Å². The lowest BCUT2D eigenvalue weighted by Crippen LogP contribution is -2.36. The highest BCUT2D eigenvalue weighted by molar-refractivity contribution is 7.89. The second-order valence-electron chi connectivity index (χ2n) is 7.31. The molecule has 156 valence electrons. The van der Waals surface area contributed by atoms with Crippen molar-refractivity contribution < 1.29 is 17.6 Å². The molecule has 1 fully saturated rings. The van der Waals surface area contributed by atoms with E-state index in [4.69, 9.17) is 11.6 Å². The van der Waals surface area contributed by atoms with Gasteiger partial charge in [0.25, 0.3) is 5.91 Å². The Morgan fingerprint density at radius 2 is 1.86 bits per heavy atom. The van der Waals surface area contributed by atoms with Gasteiger partial charge in [-0.1, -0.05) is 30.2 Å². The molecule has 1 amide bonds.